The highest BCUT2D eigenvalue weighted by Crippen LogP contribution is 2.02. The average Bonchev–Trinajstić information content (AvgIpc) is 2.15. The topological polar surface area (TPSA) is 52.9 Å². The molecule has 0 aromatic heterocycles. The van der Waals surface area contributed by atoms with Crippen LogP contribution in [0.4, 0.5) is 0 Å². The Morgan fingerprint density at radius 1 is 1.29 bits per heavy atom. The molecule has 0 aliphatic rings. The fourth-order valence-corrected chi connectivity index (χ4v) is 1.02. The van der Waals surface area contributed by atoms with E-state index >= 15 is 0 Å². The van der Waals surface area contributed by atoms with Crippen molar-refractivity contribution in [3.05, 3.63) is 35.9 Å². The van der Waals surface area contributed by atoms with Crippen molar-refractivity contribution >= 4 is 11.7 Å². The van der Waals surface area contributed by atoms with E-state index in [1.54, 1.807) is 38.4 Å². The molecule has 1 N–H and O–H groups in total. The first-order valence-corrected chi connectivity index (χ1v) is 4.16. The Balaban J connectivity index is 3.08. The summed E-state index contributed by atoms with van der Waals surface area (Å²) in [4.78, 5) is 10.9. The summed E-state index contributed by atoms with van der Waals surface area (Å²) in [6, 6.07) is 8.83. The van der Waals surface area contributed by atoms with Gasteiger partial charge in [-0.05, 0) is 0 Å². The smallest absolute Gasteiger partial charge is 0.356 e. The molecule has 0 spiro atoms. The van der Waals surface area contributed by atoms with Crippen LogP contribution in [-0.2, 0) is 4.79 Å². The van der Waals surface area contributed by atoms with Crippen molar-refractivity contribution in [1.29, 1.82) is 0 Å². The summed E-state index contributed by atoms with van der Waals surface area (Å²) in [7, 11) is 3.37. The van der Waals surface area contributed by atoms with Gasteiger partial charge in [0, 0.05) is 19.7 Å². The van der Waals surface area contributed by atoms with Crippen LogP contribution in [0, 0.1) is 0 Å². The van der Waals surface area contributed by atoms with Gasteiger partial charge >= 0.3 is 5.97 Å². The Morgan fingerprint density at radius 2 is 1.86 bits per heavy atom. The molecule has 0 aliphatic carbocycles. The van der Waals surface area contributed by atoms with E-state index in [4.69, 9.17) is 5.11 Å². The van der Waals surface area contributed by atoms with Gasteiger partial charge < -0.3 is 10.1 Å². The summed E-state index contributed by atoms with van der Waals surface area (Å²) in [5.41, 5.74) is 0.657. The molecule has 1 rings (SSSR count). The quantitative estimate of drug-likeness (QED) is 0.575. The minimum absolute atomic E-state index is 0.0515. The van der Waals surface area contributed by atoms with Crippen molar-refractivity contribution in [2.75, 3.05) is 14.1 Å². The first-order chi connectivity index (χ1) is 6.61. The van der Waals surface area contributed by atoms with E-state index < -0.39 is 5.97 Å². The zero-order valence-corrected chi connectivity index (χ0v) is 8.14. The number of carboxylic acids is 1. The van der Waals surface area contributed by atoms with Crippen LogP contribution >= 0.6 is 0 Å². The van der Waals surface area contributed by atoms with E-state index in [-0.39, 0.29) is 5.71 Å². The molecule has 0 heterocycles. The second kappa shape index (κ2) is 4.41. The zero-order chi connectivity index (χ0) is 10.6. The molecule has 1 aromatic carbocycles. The Bertz CT molecular complexity index is 344. The predicted octanol–water partition coefficient (Wildman–Crippen LogP) is 1.04. The number of benzene rings is 1. The highest BCUT2D eigenvalue weighted by atomic mass is 16.4. The molecule has 4 heteroatoms. The Labute approximate surface area is 82.5 Å². The van der Waals surface area contributed by atoms with E-state index in [1.807, 2.05) is 6.07 Å². The van der Waals surface area contributed by atoms with Crippen LogP contribution in [0.5, 0.6) is 0 Å². The number of carboxylic acid groups (broad SMARTS) is 1. The average molecular weight is 192 g/mol. The predicted molar refractivity (Wildman–Crippen MR) is 54.3 cm³/mol. The monoisotopic (exact) mass is 192 g/mol. The fraction of sp³-hybridized carbons (Fsp3) is 0.200. The van der Waals surface area contributed by atoms with E-state index in [0.29, 0.717) is 5.56 Å². The molecule has 14 heavy (non-hydrogen) atoms. The van der Waals surface area contributed by atoms with Gasteiger partial charge in [0.1, 0.15) is 0 Å². The lowest BCUT2D eigenvalue weighted by molar-refractivity contribution is -0.129. The minimum Gasteiger partial charge on any atom is -0.476 e. The maximum atomic E-state index is 10.9. The lowest BCUT2D eigenvalue weighted by Crippen LogP contribution is -2.18. The first-order valence-electron chi connectivity index (χ1n) is 4.16. The minimum atomic E-state index is -1.02. The van der Waals surface area contributed by atoms with Crippen molar-refractivity contribution in [3.63, 3.8) is 0 Å². The van der Waals surface area contributed by atoms with Crippen molar-refractivity contribution in [1.82, 2.24) is 5.01 Å². The summed E-state index contributed by atoms with van der Waals surface area (Å²) in [5.74, 6) is -1.02. The second-order valence-electron chi connectivity index (χ2n) is 2.97. The molecule has 0 bridgehead atoms. The summed E-state index contributed by atoms with van der Waals surface area (Å²) in [6.45, 7) is 0. The van der Waals surface area contributed by atoms with Crippen LogP contribution < -0.4 is 0 Å². The molecular weight excluding hydrogens is 180 g/mol. The van der Waals surface area contributed by atoms with Gasteiger partial charge in [-0.25, -0.2) is 4.79 Å². The molecule has 0 saturated carbocycles. The zero-order valence-electron chi connectivity index (χ0n) is 8.14. The normalized spacial score (nSPS) is 11.1. The Kier molecular flexibility index (Phi) is 3.23. The summed E-state index contributed by atoms with van der Waals surface area (Å²) < 4.78 is 0. The summed E-state index contributed by atoms with van der Waals surface area (Å²) in [5, 5.41) is 14.3. The van der Waals surface area contributed by atoms with Gasteiger partial charge in [-0.3, -0.25) is 0 Å². The van der Waals surface area contributed by atoms with Gasteiger partial charge in [0.2, 0.25) is 0 Å². The van der Waals surface area contributed by atoms with Gasteiger partial charge in [-0.1, -0.05) is 30.3 Å². The van der Waals surface area contributed by atoms with Gasteiger partial charge in [-0.15, -0.1) is 0 Å². The van der Waals surface area contributed by atoms with Crippen LogP contribution in [0.1, 0.15) is 5.56 Å². The van der Waals surface area contributed by atoms with Crippen LogP contribution in [0.2, 0.25) is 0 Å². The van der Waals surface area contributed by atoms with E-state index in [9.17, 15) is 4.79 Å². The number of carbonyl (C=O) groups is 1. The van der Waals surface area contributed by atoms with Crippen molar-refractivity contribution < 1.29 is 9.90 Å². The van der Waals surface area contributed by atoms with E-state index in [2.05, 4.69) is 5.10 Å². The molecule has 74 valence electrons. The lowest BCUT2D eigenvalue weighted by Gasteiger charge is -2.07. The number of hydrogen-bond donors (Lipinski definition) is 1. The van der Waals surface area contributed by atoms with Crippen LogP contribution in [0.25, 0.3) is 0 Å². The largest absolute Gasteiger partial charge is 0.476 e. The SMILES string of the molecule is CN(C)/N=C(/C(=O)O)c1ccccc1. The second-order valence-corrected chi connectivity index (χ2v) is 2.97. The number of hydrazone groups is 1. The number of aliphatic carboxylic acids is 1. The highest BCUT2D eigenvalue weighted by molar-refractivity contribution is 6.42. The van der Waals surface area contributed by atoms with E-state index in [1.165, 1.54) is 5.01 Å². The lowest BCUT2D eigenvalue weighted by atomic mass is 10.1. The molecular formula is C10H12N2O2. The molecule has 0 unspecified atom stereocenters. The third kappa shape index (κ3) is 2.58. The van der Waals surface area contributed by atoms with E-state index in [0.717, 1.165) is 0 Å². The Morgan fingerprint density at radius 3 is 2.29 bits per heavy atom. The number of hydrogen-bond acceptors (Lipinski definition) is 3. The van der Waals surface area contributed by atoms with Crippen molar-refractivity contribution in [3.8, 4) is 0 Å². The van der Waals surface area contributed by atoms with Gasteiger partial charge in [-0.2, -0.15) is 5.10 Å². The fourth-order valence-electron chi connectivity index (χ4n) is 1.02. The Hall–Kier alpha value is -1.84. The van der Waals surface area contributed by atoms with Crippen LogP contribution in [0.15, 0.2) is 35.4 Å². The van der Waals surface area contributed by atoms with Crippen LogP contribution in [-0.4, -0.2) is 35.9 Å². The third-order valence-electron chi connectivity index (χ3n) is 1.55. The molecule has 0 radical (unpaired) electrons. The molecule has 0 fully saturated rings. The molecule has 0 amide bonds. The maximum Gasteiger partial charge on any atom is 0.356 e. The number of nitrogens with zero attached hydrogens (tertiary/aromatic N) is 2. The van der Waals surface area contributed by atoms with Crippen molar-refractivity contribution in [2.45, 2.75) is 0 Å². The standard InChI is InChI=1S/C10H12N2O2/c1-12(2)11-9(10(13)14)8-6-4-3-5-7-8/h3-7H,1-2H3,(H,13,14)/b11-9+. The molecule has 0 atom stereocenters. The van der Waals surface area contributed by atoms with Crippen LogP contribution in [0.3, 0.4) is 0 Å². The molecule has 0 saturated heterocycles. The van der Waals surface area contributed by atoms with Gasteiger partial charge in [0.15, 0.2) is 5.71 Å². The number of rotatable bonds is 3. The summed E-state index contributed by atoms with van der Waals surface area (Å²) in [6.07, 6.45) is 0. The summed E-state index contributed by atoms with van der Waals surface area (Å²) >= 11 is 0. The molecule has 0 aliphatic heterocycles. The highest BCUT2D eigenvalue weighted by Gasteiger charge is 2.12. The van der Waals surface area contributed by atoms with Gasteiger partial charge in [0.05, 0.1) is 0 Å². The first kappa shape index (κ1) is 10.2. The third-order valence-corrected chi connectivity index (χ3v) is 1.55. The van der Waals surface area contributed by atoms with Crippen molar-refractivity contribution in [2.24, 2.45) is 5.10 Å². The molecule has 1 aromatic rings. The maximum absolute atomic E-state index is 10.9. The molecule has 4 nitrogen and oxygen atoms in total. The van der Waals surface area contributed by atoms with Gasteiger partial charge in [0.25, 0.3) is 0 Å².